The SMILES string of the molecule is C=CCC1/C(=C\CI)C(C)(C)c2cc(I)ccc21. The van der Waals surface area contributed by atoms with E-state index < -0.39 is 0 Å². The van der Waals surface area contributed by atoms with Crippen molar-refractivity contribution in [1.29, 1.82) is 0 Å². The normalized spacial score (nSPS) is 23.1. The van der Waals surface area contributed by atoms with E-state index in [1.54, 1.807) is 5.57 Å². The average molecular weight is 464 g/mol. The Bertz CT molecular complexity index is 498. The van der Waals surface area contributed by atoms with Crippen molar-refractivity contribution >= 4 is 45.2 Å². The molecule has 1 aliphatic rings. The molecule has 0 aromatic heterocycles. The Hall–Kier alpha value is 0.160. The summed E-state index contributed by atoms with van der Waals surface area (Å²) in [6, 6.07) is 6.87. The zero-order valence-corrected chi connectivity index (χ0v) is 15.2. The molecule has 1 unspecified atom stereocenters. The number of fused-ring (bicyclic) bond motifs is 1. The van der Waals surface area contributed by atoms with Gasteiger partial charge in [0.05, 0.1) is 0 Å². The summed E-state index contributed by atoms with van der Waals surface area (Å²) >= 11 is 4.84. The van der Waals surface area contributed by atoms with Crippen LogP contribution in [0.15, 0.2) is 42.5 Å². The second-order valence-electron chi connectivity index (χ2n) is 5.25. The highest BCUT2D eigenvalue weighted by molar-refractivity contribution is 14.1. The molecule has 1 aromatic carbocycles. The highest BCUT2D eigenvalue weighted by atomic mass is 127. The van der Waals surface area contributed by atoms with Crippen molar-refractivity contribution in [3.63, 3.8) is 0 Å². The van der Waals surface area contributed by atoms with Gasteiger partial charge in [0.1, 0.15) is 0 Å². The Morgan fingerprint density at radius 1 is 1.39 bits per heavy atom. The maximum Gasteiger partial charge on any atom is 0.0179 e. The number of hydrogen-bond acceptors (Lipinski definition) is 0. The van der Waals surface area contributed by atoms with Crippen LogP contribution >= 0.6 is 45.2 Å². The lowest BCUT2D eigenvalue weighted by Crippen LogP contribution is -2.16. The summed E-state index contributed by atoms with van der Waals surface area (Å²) in [6.45, 7) is 8.63. The van der Waals surface area contributed by atoms with E-state index in [1.165, 1.54) is 14.7 Å². The Kier molecular flexibility index (Phi) is 4.57. The molecule has 0 nitrogen and oxygen atoms in total. The second-order valence-corrected chi connectivity index (χ2v) is 7.37. The molecule has 0 fully saturated rings. The van der Waals surface area contributed by atoms with E-state index in [-0.39, 0.29) is 5.41 Å². The van der Waals surface area contributed by atoms with Gasteiger partial charge in [-0.25, -0.2) is 0 Å². The highest BCUT2D eigenvalue weighted by Gasteiger charge is 2.40. The molecule has 0 saturated carbocycles. The molecule has 0 N–H and O–H groups in total. The topological polar surface area (TPSA) is 0 Å². The third-order valence-corrected chi connectivity index (χ3v) is 4.97. The van der Waals surface area contributed by atoms with Gasteiger partial charge >= 0.3 is 0 Å². The molecule has 0 amide bonds. The van der Waals surface area contributed by atoms with Gasteiger partial charge in [0.15, 0.2) is 0 Å². The molecule has 1 aromatic rings. The lowest BCUT2D eigenvalue weighted by Gasteiger charge is -2.24. The van der Waals surface area contributed by atoms with Crippen LogP contribution in [-0.2, 0) is 5.41 Å². The quantitative estimate of drug-likeness (QED) is 0.311. The third kappa shape index (κ3) is 2.42. The molecule has 2 heteroatoms. The van der Waals surface area contributed by atoms with Gasteiger partial charge in [-0.2, -0.15) is 0 Å². The van der Waals surface area contributed by atoms with Crippen LogP contribution in [0.25, 0.3) is 0 Å². The van der Waals surface area contributed by atoms with Gasteiger partial charge in [0.25, 0.3) is 0 Å². The Morgan fingerprint density at radius 3 is 2.72 bits per heavy atom. The molecule has 0 heterocycles. The minimum atomic E-state index is 0.162. The standard InChI is InChI=1S/C16H18I2/c1-4-5-12-13-7-6-11(18)10-15(13)16(2,3)14(12)8-9-17/h4,6-8,10,12H,1,5,9H2,2-3H3/b14-8+. The fourth-order valence-electron chi connectivity index (χ4n) is 3.03. The van der Waals surface area contributed by atoms with E-state index in [9.17, 15) is 0 Å². The van der Waals surface area contributed by atoms with Crippen molar-refractivity contribution in [3.8, 4) is 0 Å². The van der Waals surface area contributed by atoms with Crippen molar-refractivity contribution in [1.82, 2.24) is 0 Å². The molecule has 0 aliphatic heterocycles. The fourth-order valence-corrected chi connectivity index (χ4v) is 4.00. The summed E-state index contributed by atoms with van der Waals surface area (Å²) in [5.74, 6) is 0.527. The summed E-state index contributed by atoms with van der Waals surface area (Å²) in [5, 5.41) is 0. The number of rotatable bonds is 3. The molecule has 1 atom stereocenters. The van der Waals surface area contributed by atoms with Crippen LogP contribution in [0.4, 0.5) is 0 Å². The van der Waals surface area contributed by atoms with Crippen LogP contribution in [0.2, 0.25) is 0 Å². The number of alkyl halides is 1. The van der Waals surface area contributed by atoms with Gasteiger partial charge < -0.3 is 0 Å². The summed E-state index contributed by atoms with van der Waals surface area (Å²) in [5.41, 5.74) is 4.72. The summed E-state index contributed by atoms with van der Waals surface area (Å²) < 4.78 is 2.41. The van der Waals surface area contributed by atoms with E-state index in [0.717, 1.165) is 10.8 Å². The van der Waals surface area contributed by atoms with Gasteiger partial charge in [0.2, 0.25) is 0 Å². The first-order chi connectivity index (χ1) is 8.52. The number of benzene rings is 1. The number of halogens is 2. The predicted molar refractivity (Wildman–Crippen MR) is 96.7 cm³/mol. The van der Waals surface area contributed by atoms with E-state index in [1.807, 2.05) is 0 Å². The van der Waals surface area contributed by atoms with Crippen LogP contribution < -0.4 is 0 Å². The van der Waals surface area contributed by atoms with E-state index >= 15 is 0 Å². The maximum absolute atomic E-state index is 3.93. The van der Waals surface area contributed by atoms with Crippen molar-refractivity contribution in [2.24, 2.45) is 0 Å². The Morgan fingerprint density at radius 2 is 2.11 bits per heavy atom. The van der Waals surface area contributed by atoms with Crippen molar-refractivity contribution < 1.29 is 0 Å². The average Bonchev–Trinajstić information content (AvgIpc) is 2.52. The molecule has 0 radical (unpaired) electrons. The molecule has 0 bridgehead atoms. The molecular formula is C16H18I2. The van der Waals surface area contributed by atoms with Crippen LogP contribution in [0.5, 0.6) is 0 Å². The number of allylic oxidation sites excluding steroid dienone is 3. The summed E-state index contributed by atoms with van der Waals surface area (Å²) in [7, 11) is 0. The van der Waals surface area contributed by atoms with Gasteiger partial charge in [-0.15, -0.1) is 6.58 Å². The second kappa shape index (κ2) is 5.65. The highest BCUT2D eigenvalue weighted by Crippen LogP contribution is 2.51. The van der Waals surface area contributed by atoms with Gasteiger partial charge in [-0.3, -0.25) is 0 Å². The fraction of sp³-hybridized carbons (Fsp3) is 0.375. The van der Waals surface area contributed by atoms with Crippen LogP contribution in [0, 0.1) is 3.57 Å². The third-order valence-electron chi connectivity index (χ3n) is 3.86. The smallest absolute Gasteiger partial charge is 0.0179 e. The molecule has 96 valence electrons. The zero-order valence-electron chi connectivity index (χ0n) is 10.8. The minimum absolute atomic E-state index is 0.162. The Balaban J connectivity index is 2.61. The summed E-state index contributed by atoms with van der Waals surface area (Å²) in [4.78, 5) is 0. The van der Waals surface area contributed by atoms with Gasteiger partial charge in [-0.05, 0) is 52.3 Å². The van der Waals surface area contributed by atoms with E-state index in [2.05, 4.69) is 96.0 Å². The zero-order chi connectivity index (χ0) is 13.3. The number of hydrogen-bond donors (Lipinski definition) is 0. The lowest BCUT2D eigenvalue weighted by atomic mass is 9.80. The predicted octanol–water partition coefficient (Wildman–Crippen LogP) is 5.60. The molecule has 1 aliphatic carbocycles. The first-order valence-corrected chi connectivity index (χ1v) is 8.80. The largest absolute Gasteiger partial charge is 0.103 e. The van der Waals surface area contributed by atoms with Crippen LogP contribution in [0.3, 0.4) is 0 Å². The lowest BCUT2D eigenvalue weighted by molar-refractivity contribution is 0.615. The first kappa shape index (κ1) is 14.6. The molecule has 0 saturated heterocycles. The summed E-state index contributed by atoms with van der Waals surface area (Å²) in [6.07, 6.45) is 5.50. The van der Waals surface area contributed by atoms with Crippen molar-refractivity contribution in [3.05, 3.63) is 57.2 Å². The molecule has 18 heavy (non-hydrogen) atoms. The minimum Gasteiger partial charge on any atom is -0.103 e. The van der Waals surface area contributed by atoms with E-state index in [4.69, 9.17) is 0 Å². The van der Waals surface area contributed by atoms with Crippen molar-refractivity contribution in [2.45, 2.75) is 31.6 Å². The first-order valence-electron chi connectivity index (χ1n) is 6.19. The monoisotopic (exact) mass is 464 g/mol. The molecule has 2 rings (SSSR count). The van der Waals surface area contributed by atoms with Crippen molar-refractivity contribution in [2.75, 3.05) is 4.43 Å². The maximum atomic E-state index is 3.93. The molecule has 0 spiro atoms. The molecular weight excluding hydrogens is 446 g/mol. The van der Waals surface area contributed by atoms with Gasteiger partial charge in [-0.1, -0.05) is 60.2 Å². The van der Waals surface area contributed by atoms with Gasteiger partial charge in [0, 0.05) is 19.3 Å². The van der Waals surface area contributed by atoms with Crippen LogP contribution in [0.1, 0.15) is 37.3 Å². The van der Waals surface area contributed by atoms with E-state index in [0.29, 0.717) is 5.92 Å². The Labute approximate surface area is 137 Å². The van der Waals surface area contributed by atoms with Crippen LogP contribution in [-0.4, -0.2) is 4.43 Å².